The van der Waals surface area contributed by atoms with Crippen LogP contribution < -0.4 is 20.4 Å². The summed E-state index contributed by atoms with van der Waals surface area (Å²) in [4.78, 5) is 85.6. The molecule has 3 aromatic carbocycles. The predicted molar refractivity (Wildman–Crippen MR) is 281 cm³/mol. The van der Waals surface area contributed by atoms with E-state index >= 15 is 4.39 Å². The number of alkyl halides is 3. The number of benzene rings is 3. The first kappa shape index (κ1) is 55.1. The van der Waals surface area contributed by atoms with Crippen LogP contribution in [0.1, 0.15) is 80.2 Å². The van der Waals surface area contributed by atoms with Gasteiger partial charge >= 0.3 is 6.18 Å². The third kappa shape index (κ3) is 11.3. The maximum Gasteiger partial charge on any atom is 0.420 e. The van der Waals surface area contributed by atoms with Gasteiger partial charge in [0.05, 0.1) is 57.1 Å². The number of thiazole rings is 1. The zero-order valence-electron chi connectivity index (χ0n) is 42.6. The fraction of sp³-hybridized carbons (Fsp3) is 0.389. The summed E-state index contributed by atoms with van der Waals surface area (Å²) in [6.45, 7) is 12.8. The van der Waals surface area contributed by atoms with Crippen LogP contribution in [-0.4, -0.2) is 127 Å². The molecule has 0 bridgehead atoms. The Morgan fingerprint density at radius 1 is 0.947 bits per heavy atom. The van der Waals surface area contributed by atoms with Crippen LogP contribution in [0.25, 0.3) is 21.7 Å². The van der Waals surface area contributed by atoms with E-state index in [9.17, 15) is 47.5 Å². The number of hydrogen-bond donors (Lipinski definition) is 3. The molecule has 0 saturated carbocycles. The van der Waals surface area contributed by atoms with Crippen LogP contribution in [0.5, 0.6) is 0 Å². The topological polar surface area (TPSA) is 195 Å². The monoisotopic (exact) mass is 1080 g/mol. The highest BCUT2D eigenvalue weighted by Gasteiger charge is 2.52. The highest BCUT2D eigenvalue weighted by molar-refractivity contribution is 7.81. The smallest absolute Gasteiger partial charge is 0.391 e. The van der Waals surface area contributed by atoms with Gasteiger partial charge in [-0.1, -0.05) is 57.2 Å². The van der Waals surface area contributed by atoms with Crippen LogP contribution in [0.2, 0.25) is 0 Å². The number of anilines is 2. The Kier molecular flexibility index (Phi) is 15.8. The van der Waals surface area contributed by atoms with Gasteiger partial charge in [0.1, 0.15) is 23.2 Å². The molecule has 8 rings (SSSR count). The number of aryl methyl sites for hydroxylation is 1. The number of likely N-dealkylation sites (tertiary alicyclic amines) is 1. The quantitative estimate of drug-likeness (QED) is 0.0802. The maximum atomic E-state index is 15.5. The normalized spacial score (nSPS) is 18.4. The number of aliphatic hydroxyl groups excluding tert-OH is 1. The molecule has 22 heteroatoms. The van der Waals surface area contributed by atoms with Gasteiger partial charge in [0, 0.05) is 69.8 Å². The van der Waals surface area contributed by atoms with E-state index in [1.807, 2.05) is 52.0 Å². The Bertz CT molecular complexity index is 3090. The number of aromatic nitrogens is 2. The van der Waals surface area contributed by atoms with Crippen molar-refractivity contribution in [2.75, 3.05) is 49.1 Å². The highest BCUT2D eigenvalue weighted by atomic mass is 32.1. The minimum atomic E-state index is -5.21. The fourth-order valence-corrected chi connectivity index (χ4v) is 11.0. The van der Waals surface area contributed by atoms with Crippen LogP contribution in [0.15, 0.2) is 84.5 Å². The van der Waals surface area contributed by atoms with Crippen LogP contribution in [-0.2, 0) is 31.9 Å². The molecule has 3 N–H and O–H groups in total. The summed E-state index contributed by atoms with van der Waals surface area (Å²) in [7, 11) is 0. The summed E-state index contributed by atoms with van der Waals surface area (Å²) in [5, 5.41) is 25.4. The molecule has 16 nitrogen and oxygen atoms in total. The molecule has 3 aliphatic heterocycles. The van der Waals surface area contributed by atoms with E-state index in [1.165, 1.54) is 35.9 Å². The minimum absolute atomic E-state index is 0.0424. The van der Waals surface area contributed by atoms with Crippen molar-refractivity contribution in [3.05, 3.63) is 118 Å². The second-order valence-corrected chi connectivity index (χ2v) is 21.8. The Balaban J connectivity index is 0.818. The van der Waals surface area contributed by atoms with Gasteiger partial charge in [-0.3, -0.25) is 38.8 Å². The van der Waals surface area contributed by atoms with Crippen molar-refractivity contribution in [2.24, 2.45) is 5.41 Å². The molecular formula is C54H56F4N10O6S2. The van der Waals surface area contributed by atoms with Gasteiger partial charge in [-0.05, 0) is 85.9 Å². The largest absolute Gasteiger partial charge is 0.420 e. The standard InChI is InChI=1S/C54H56F4N10O6S2/c1-31-45(76-30-62-31)34-9-7-32(8-10-34)27-61-47(71)41-25-38(69)29-66(41)49(73)46(52(2,3)4)63-42(70)19-20-64-21-23-65(24-22-64)48(72)35-13-11-33(12-14-35)39-17-16-37(28-60-39)68-51(75)67(50(74)53(68,5)6)40-18-15-36(26-59)43(44(40)55)54(56,57)58/h7-18,28,30,38,41,46,69H,19-25,27,29H2,1-6H3,(H,61,71)(H,63,70)/t38-,41+,46-/m1/s1. The van der Waals surface area contributed by atoms with Crippen molar-refractivity contribution in [2.45, 2.75) is 90.8 Å². The minimum Gasteiger partial charge on any atom is -0.391 e. The molecule has 0 radical (unpaired) electrons. The summed E-state index contributed by atoms with van der Waals surface area (Å²) >= 11 is 7.11. The van der Waals surface area contributed by atoms with Crippen molar-refractivity contribution in [3.8, 4) is 27.8 Å². The van der Waals surface area contributed by atoms with Crippen molar-refractivity contribution in [3.63, 3.8) is 0 Å². The number of nitrogens with one attached hydrogen (secondary N) is 2. The molecule has 3 saturated heterocycles. The Labute approximate surface area is 446 Å². The molecule has 3 fully saturated rings. The molecule has 5 amide bonds. The summed E-state index contributed by atoms with van der Waals surface area (Å²) in [5.74, 6) is -3.96. The van der Waals surface area contributed by atoms with Gasteiger partial charge in [0.15, 0.2) is 10.9 Å². The SMILES string of the molecule is Cc1ncsc1-c1ccc(CNC(=O)[C@@H]2C[C@@H](O)CN2C(=O)[C@@H](NC(=O)CCN2CCN(C(=O)c3ccc(-c4ccc(N5C(=S)N(c6ccc(C#N)c(C(F)(F)F)c6F)C(=O)C5(C)C)cn4)cc3)CC2)C(C)(C)C)cc1. The number of β-amino-alcohol motifs (C(OH)–C–C–N with tert-alkyl or cyclic N) is 1. The summed E-state index contributed by atoms with van der Waals surface area (Å²) in [6.07, 6.45) is -4.54. The van der Waals surface area contributed by atoms with Crippen molar-refractivity contribution >= 4 is 69.6 Å². The average Bonchev–Trinajstić information content (AvgIpc) is 4.09. The molecule has 3 aliphatic rings. The lowest BCUT2D eigenvalue weighted by Gasteiger charge is -2.36. The first-order valence-corrected chi connectivity index (χ1v) is 25.8. The number of thiocarbonyl (C=S) groups is 1. The average molecular weight is 1080 g/mol. The zero-order valence-corrected chi connectivity index (χ0v) is 44.2. The lowest BCUT2D eigenvalue weighted by atomic mass is 9.85. The first-order chi connectivity index (χ1) is 35.9. The second-order valence-electron chi connectivity index (χ2n) is 20.6. The van der Waals surface area contributed by atoms with Crippen LogP contribution in [0, 0.1) is 29.5 Å². The molecule has 76 heavy (non-hydrogen) atoms. The van der Waals surface area contributed by atoms with Gasteiger partial charge in [-0.2, -0.15) is 18.4 Å². The third-order valence-corrected chi connectivity index (χ3v) is 15.2. The van der Waals surface area contributed by atoms with E-state index in [1.54, 1.807) is 58.1 Å². The van der Waals surface area contributed by atoms with Gasteiger partial charge < -0.3 is 30.4 Å². The Morgan fingerprint density at radius 3 is 2.21 bits per heavy atom. The number of nitrogens with zero attached hydrogens (tertiary/aromatic N) is 8. The van der Waals surface area contributed by atoms with E-state index in [4.69, 9.17) is 12.2 Å². The number of halogens is 4. The van der Waals surface area contributed by atoms with Crippen LogP contribution in [0.3, 0.4) is 0 Å². The number of carbonyl (C=O) groups excluding carboxylic acids is 5. The molecule has 0 spiro atoms. The van der Waals surface area contributed by atoms with Crippen molar-refractivity contribution in [1.29, 1.82) is 5.26 Å². The van der Waals surface area contributed by atoms with E-state index < -0.39 is 75.7 Å². The van der Waals surface area contributed by atoms with E-state index in [-0.39, 0.29) is 42.9 Å². The molecule has 3 atom stereocenters. The number of nitriles is 1. The number of pyridine rings is 1. The van der Waals surface area contributed by atoms with Crippen molar-refractivity contribution in [1.82, 2.24) is 35.3 Å². The maximum absolute atomic E-state index is 15.5. The summed E-state index contributed by atoms with van der Waals surface area (Å²) in [6, 6.07) is 19.0. The van der Waals surface area contributed by atoms with Crippen molar-refractivity contribution < 1.29 is 46.6 Å². The fourth-order valence-electron chi connectivity index (χ4n) is 9.65. The van der Waals surface area contributed by atoms with E-state index in [0.717, 1.165) is 33.8 Å². The van der Waals surface area contributed by atoms with Crippen LogP contribution >= 0.6 is 23.6 Å². The number of piperazine rings is 1. The van der Waals surface area contributed by atoms with E-state index in [0.29, 0.717) is 60.1 Å². The lowest BCUT2D eigenvalue weighted by molar-refractivity contribution is -0.144. The number of carbonyl (C=O) groups is 5. The number of amides is 5. The molecule has 0 aliphatic carbocycles. The Morgan fingerprint density at radius 2 is 1.62 bits per heavy atom. The molecule has 5 aromatic rings. The first-order valence-electron chi connectivity index (χ1n) is 24.5. The van der Waals surface area contributed by atoms with Gasteiger partial charge in [0.25, 0.3) is 11.8 Å². The number of rotatable bonds is 13. The van der Waals surface area contributed by atoms with Gasteiger partial charge in [0.2, 0.25) is 17.7 Å². The second kappa shape index (κ2) is 21.8. The number of hydrogen-bond acceptors (Lipinski definition) is 12. The molecule has 2 aromatic heterocycles. The van der Waals surface area contributed by atoms with Gasteiger partial charge in [-0.15, -0.1) is 11.3 Å². The molecule has 0 unspecified atom stereocenters. The Hall–Kier alpha value is -7.19. The zero-order chi connectivity index (χ0) is 55.0. The molecule has 398 valence electrons. The highest BCUT2D eigenvalue weighted by Crippen LogP contribution is 2.42. The predicted octanol–water partition coefficient (Wildman–Crippen LogP) is 7.08. The summed E-state index contributed by atoms with van der Waals surface area (Å²) < 4.78 is 57.0. The third-order valence-electron chi connectivity index (χ3n) is 13.9. The van der Waals surface area contributed by atoms with Crippen LogP contribution in [0.4, 0.5) is 28.9 Å². The molecular weight excluding hydrogens is 1020 g/mol. The summed E-state index contributed by atoms with van der Waals surface area (Å²) in [5.41, 5.74) is 0.875. The lowest BCUT2D eigenvalue weighted by Crippen LogP contribution is -2.58. The number of aliphatic hydroxyl groups is 1. The molecule has 5 heterocycles. The van der Waals surface area contributed by atoms with Gasteiger partial charge in [-0.25, -0.2) is 9.37 Å². The van der Waals surface area contributed by atoms with E-state index in [2.05, 4.69) is 25.5 Å².